The number of aryl methyl sites for hydroxylation is 1. The molecule has 2 heterocycles. The molecule has 0 spiro atoms. The van der Waals surface area contributed by atoms with Crippen LogP contribution >= 0.6 is 0 Å². The van der Waals surface area contributed by atoms with Crippen molar-refractivity contribution in [3.63, 3.8) is 0 Å². The first-order chi connectivity index (χ1) is 9.65. The predicted molar refractivity (Wildman–Crippen MR) is 75.9 cm³/mol. The minimum absolute atomic E-state index is 0.0460. The summed E-state index contributed by atoms with van der Waals surface area (Å²) >= 11 is 0. The van der Waals surface area contributed by atoms with Crippen LogP contribution in [0.1, 0.15) is 18.4 Å². The summed E-state index contributed by atoms with van der Waals surface area (Å²) in [6, 6.07) is 7.72. The summed E-state index contributed by atoms with van der Waals surface area (Å²) in [5, 5.41) is 6.72. The van der Waals surface area contributed by atoms with Crippen molar-refractivity contribution < 1.29 is 9.59 Å². The molecule has 3 rings (SSSR count). The highest BCUT2D eigenvalue weighted by molar-refractivity contribution is 5.91. The van der Waals surface area contributed by atoms with E-state index in [4.69, 9.17) is 0 Å². The fraction of sp³-hybridized carbons (Fsp3) is 0.333. The molecule has 0 aliphatic carbocycles. The highest BCUT2D eigenvalue weighted by Gasteiger charge is 2.26. The summed E-state index contributed by atoms with van der Waals surface area (Å²) in [5.41, 5.74) is 2.23. The second kappa shape index (κ2) is 5.00. The highest BCUT2D eigenvalue weighted by Crippen LogP contribution is 2.20. The van der Waals surface area contributed by atoms with Crippen molar-refractivity contribution in [1.82, 2.24) is 15.2 Å². The van der Waals surface area contributed by atoms with Crippen LogP contribution < -0.4 is 10.6 Å². The number of carbonyl (C=O) groups is 2. The maximum Gasteiger partial charge on any atom is 0.242 e. The van der Waals surface area contributed by atoms with Gasteiger partial charge in [0.05, 0.1) is 0 Å². The summed E-state index contributed by atoms with van der Waals surface area (Å²) < 4.78 is 2.05. The van der Waals surface area contributed by atoms with Crippen LogP contribution in [0.5, 0.6) is 0 Å². The number of amides is 2. The Kier molecular flexibility index (Phi) is 3.18. The second-order valence-electron chi connectivity index (χ2n) is 5.16. The summed E-state index contributed by atoms with van der Waals surface area (Å²) in [5.74, 6) is -0.154. The zero-order chi connectivity index (χ0) is 14.1. The van der Waals surface area contributed by atoms with Crippen molar-refractivity contribution in [3.8, 4) is 0 Å². The molecule has 1 aliphatic rings. The van der Waals surface area contributed by atoms with Crippen molar-refractivity contribution >= 4 is 22.7 Å². The van der Waals surface area contributed by atoms with Crippen LogP contribution in [0.2, 0.25) is 0 Å². The number of hydrogen-bond acceptors (Lipinski definition) is 2. The average Bonchev–Trinajstić information content (AvgIpc) is 3.01. The van der Waals surface area contributed by atoms with E-state index in [1.807, 2.05) is 36.0 Å². The number of fused-ring (bicyclic) bond motifs is 1. The number of benzene rings is 1. The van der Waals surface area contributed by atoms with Crippen LogP contribution in [0.4, 0.5) is 0 Å². The number of hydrogen-bond donors (Lipinski definition) is 2. The Labute approximate surface area is 117 Å². The molecule has 2 aromatic rings. The normalized spacial score (nSPS) is 18.2. The van der Waals surface area contributed by atoms with Crippen LogP contribution in [0, 0.1) is 0 Å². The fourth-order valence-corrected chi connectivity index (χ4v) is 2.68. The SMILES string of the molecule is Cn1cc(CNC(=O)C2CCC(=O)N2)c2ccccc21. The van der Waals surface area contributed by atoms with Crippen molar-refractivity contribution in [1.29, 1.82) is 0 Å². The molecule has 5 nitrogen and oxygen atoms in total. The molecule has 104 valence electrons. The molecule has 0 radical (unpaired) electrons. The van der Waals surface area contributed by atoms with E-state index in [0.29, 0.717) is 19.4 Å². The third kappa shape index (κ3) is 2.27. The lowest BCUT2D eigenvalue weighted by molar-refractivity contribution is -0.125. The quantitative estimate of drug-likeness (QED) is 0.877. The molecule has 1 unspecified atom stereocenters. The maximum absolute atomic E-state index is 12.0. The molecule has 20 heavy (non-hydrogen) atoms. The molecule has 0 saturated carbocycles. The van der Waals surface area contributed by atoms with Crippen LogP contribution in [0.25, 0.3) is 10.9 Å². The lowest BCUT2D eigenvalue weighted by atomic mass is 10.1. The Morgan fingerprint density at radius 3 is 3.00 bits per heavy atom. The molecule has 1 aromatic carbocycles. The second-order valence-corrected chi connectivity index (χ2v) is 5.16. The standard InChI is InChI=1S/C15H17N3O2/c1-18-9-10(11-4-2-3-5-13(11)18)8-16-15(20)12-6-7-14(19)17-12/h2-5,9,12H,6-8H2,1H3,(H,16,20)(H,17,19). The minimum Gasteiger partial charge on any atom is -0.350 e. The van der Waals surface area contributed by atoms with Crippen LogP contribution in [-0.2, 0) is 23.2 Å². The van der Waals surface area contributed by atoms with Gasteiger partial charge in [-0.15, -0.1) is 0 Å². The molecule has 1 aliphatic heterocycles. The van der Waals surface area contributed by atoms with Gasteiger partial charge in [0.15, 0.2) is 0 Å². The van der Waals surface area contributed by atoms with Gasteiger partial charge in [-0.05, 0) is 18.1 Å². The highest BCUT2D eigenvalue weighted by atomic mass is 16.2. The summed E-state index contributed by atoms with van der Waals surface area (Å²) in [6.45, 7) is 0.479. The smallest absolute Gasteiger partial charge is 0.242 e. The van der Waals surface area contributed by atoms with Crippen molar-refractivity contribution in [3.05, 3.63) is 36.0 Å². The van der Waals surface area contributed by atoms with Gasteiger partial charge in [0.25, 0.3) is 0 Å². The number of nitrogens with one attached hydrogen (secondary N) is 2. The molecule has 2 N–H and O–H groups in total. The van der Waals surface area contributed by atoms with E-state index < -0.39 is 0 Å². The van der Waals surface area contributed by atoms with Gasteiger partial charge in [0, 0.05) is 37.1 Å². The third-order valence-corrected chi connectivity index (χ3v) is 3.74. The predicted octanol–water partition coefficient (Wildman–Crippen LogP) is 1.07. The first kappa shape index (κ1) is 12.7. The van der Waals surface area contributed by atoms with Crippen molar-refractivity contribution in [2.45, 2.75) is 25.4 Å². The number of aromatic nitrogens is 1. The Balaban J connectivity index is 1.71. The molecule has 1 aromatic heterocycles. The molecule has 1 fully saturated rings. The lowest BCUT2D eigenvalue weighted by Gasteiger charge is -2.10. The lowest BCUT2D eigenvalue weighted by Crippen LogP contribution is -2.41. The maximum atomic E-state index is 12.0. The van der Waals surface area contributed by atoms with Gasteiger partial charge in [-0.2, -0.15) is 0 Å². The van der Waals surface area contributed by atoms with Gasteiger partial charge in [-0.3, -0.25) is 9.59 Å². The van der Waals surface area contributed by atoms with E-state index in [9.17, 15) is 9.59 Å². The molecular weight excluding hydrogens is 254 g/mol. The van der Waals surface area contributed by atoms with Gasteiger partial charge < -0.3 is 15.2 Å². The van der Waals surface area contributed by atoms with E-state index in [0.717, 1.165) is 16.5 Å². The van der Waals surface area contributed by atoms with E-state index in [1.54, 1.807) is 0 Å². The van der Waals surface area contributed by atoms with Crippen molar-refractivity contribution in [2.24, 2.45) is 7.05 Å². The van der Waals surface area contributed by atoms with E-state index in [-0.39, 0.29) is 17.9 Å². The fourth-order valence-electron chi connectivity index (χ4n) is 2.68. The zero-order valence-electron chi connectivity index (χ0n) is 11.3. The molecule has 1 saturated heterocycles. The Morgan fingerprint density at radius 2 is 2.25 bits per heavy atom. The summed E-state index contributed by atoms with van der Waals surface area (Å²) in [7, 11) is 1.99. The summed E-state index contributed by atoms with van der Waals surface area (Å²) in [6.07, 6.45) is 3.05. The molecule has 2 amide bonds. The third-order valence-electron chi connectivity index (χ3n) is 3.74. The molecule has 0 bridgehead atoms. The van der Waals surface area contributed by atoms with Gasteiger partial charge in [-0.1, -0.05) is 18.2 Å². The summed E-state index contributed by atoms with van der Waals surface area (Å²) in [4.78, 5) is 23.1. The monoisotopic (exact) mass is 271 g/mol. The zero-order valence-corrected chi connectivity index (χ0v) is 11.3. The van der Waals surface area contributed by atoms with E-state index >= 15 is 0 Å². The van der Waals surface area contributed by atoms with Gasteiger partial charge in [0.1, 0.15) is 6.04 Å². The van der Waals surface area contributed by atoms with Gasteiger partial charge >= 0.3 is 0 Å². The van der Waals surface area contributed by atoms with Gasteiger partial charge in [0.2, 0.25) is 11.8 Å². The first-order valence-electron chi connectivity index (χ1n) is 6.75. The van der Waals surface area contributed by atoms with Gasteiger partial charge in [-0.25, -0.2) is 0 Å². The van der Waals surface area contributed by atoms with E-state index in [2.05, 4.69) is 16.7 Å². The Hall–Kier alpha value is -2.30. The minimum atomic E-state index is -0.377. The average molecular weight is 271 g/mol. The van der Waals surface area contributed by atoms with Crippen LogP contribution in [0.3, 0.4) is 0 Å². The largest absolute Gasteiger partial charge is 0.350 e. The van der Waals surface area contributed by atoms with Crippen LogP contribution in [0.15, 0.2) is 30.5 Å². The van der Waals surface area contributed by atoms with Crippen LogP contribution in [-0.4, -0.2) is 22.4 Å². The topological polar surface area (TPSA) is 63.1 Å². The number of rotatable bonds is 3. The Morgan fingerprint density at radius 1 is 1.45 bits per heavy atom. The Bertz CT molecular complexity index is 675. The van der Waals surface area contributed by atoms with Crippen molar-refractivity contribution in [2.75, 3.05) is 0 Å². The molecular formula is C15H17N3O2. The number of para-hydroxylation sites is 1. The van der Waals surface area contributed by atoms with E-state index in [1.165, 1.54) is 0 Å². The molecule has 1 atom stereocenters. The number of carbonyl (C=O) groups excluding carboxylic acids is 2. The molecule has 5 heteroatoms. The first-order valence-corrected chi connectivity index (χ1v) is 6.75. The number of nitrogens with zero attached hydrogens (tertiary/aromatic N) is 1.